The van der Waals surface area contributed by atoms with Gasteiger partial charge in [-0.1, -0.05) is 5.10 Å². The van der Waals surface area contributed by atoms with E-state index in [0.717, 1.165) is 0 Å². The Labute approximate surface area is 82.5 Å². The Hall–Kier alpha value is 0.506. The van der Waals surface area contributed by atoms with Gasteiger partial charge in [0.25, 0.3) is 5.95 Å². The molecule has 1 heterocycles. The number of rotatable bonds is 0. The Morgan fingerprint density at radius 3 is 2.43 bits per heavy atom. The zero-order valence-corrected chi connectivity index (χ0v) is 7.04. The number of aromatic amines is 1. The van der Waals surface area contributed by atoms with Crippen LogP contribution in [0.4, 0.5) is 5.95 Å². The smallest absolute Gasteiger partial charge is 0.365 e. The first-order valence-electron chi connectivity index (χ1n) is 1.38. The number of hydrogen-bond acceptors (Lipinski definition) is 4. The first-order chi connectivity index (χ1) is 2.89. The van der Waals surface area contributed by atoms with Gasteiger partial charge in [-0.15, -0.1) is 5.10 Å². The first kappa shape index (κ1) is 7.51. The average molecular weight is 124 g/mol. The molecule has 0 aliphatic rings. The second kappa shape index (κ2) is 3.50. The molecule has 3 N–H and O–H groups in total. The van der Waals surface area contributed by atoms with Crippen molar-refractivity contribution in [2.45, 2.75) is 0 Å². The minimum atomic E-state index is 0. The fourth-order valence-electron chi connectivity index (χ4n) is 0.170. The van der Waals surface area contributed by atoms with E-state index in [-0.39, 0.29) is 57.3 Å². The summed E-state index contributed by atoms with van der Waals surface area (Å²) in [7, 11) is 0. The topological polar surface area (TPSA) is 80.5 Å². The molecule has 7 heavy (non-hydrogen) atoms. The summed E-state index contributed by atoms with van der Waals surface area (Å²) in [5.74, 6) is 0.176. The molecule has 0 atom stereocenters. The van der Waals surface area contributed by atoms with Crippen molar-refractivity contribution in [3.05, 3.63) is 0 Å². The summed E-state index contributed by atoms with van der Waals surface area (Å²) in [5.41, 5.74) is 4.96. The molecule has 0 aliphatic heterocycles. The number of anilines is 1. The molecule has 0 aromatic carbocycles. The molecule has 1 aromatic rings. The molecule has 32 valence electrons. The third kappa shape index (κ3) is 2.34. The molecule has 0 bridgehead atoms. The van der Waals surface area contributed by atoms with Gasteiger partial charge < -0.3 is 5.73 Å². The van der Waals surface area contributed by atoms with Crippen LogP contribution in [0.2, 0.25) is 0 Å². The second-order valence-electron chi connectivity index (χ2n) is 0.770. The van der Waals surface area contributed by atoms with Gasteiger partial charge in [0.1, 0.15) is 0 Å². The van der Waals surface area contributed by atoms with E-state index in [2.05, 4.69) is 20.6 Å². The Kier molecular flexibility index (Phi) is 3.75. The van der Waals surface area contributed by atoms with Gasteiger partial charge in [-0.3, -0.25) is 0 Å². The van der Waals surface area contributed by atoms with E-state index in [1.807, 2.05) is 0 Å². The van der Waals surface area contributed by atoms with Crippen molar-refractivity contribution in [1.82, 2.24) is 20.6 Å². The molecule has 0 fully saturated rings. The largest absolute Gasteiger partial charge is 1.00 e. The molecule has 0 unspecified atom stereocenters. The van der Waals surface area contributed by atoms with E-state index in [9.17, 15) is 0 Å². The first-order valence-corrected chi connectivity index (χ1v) is 1.38. The van der Waals surface area contributed by atoms with E-state index in [0.29, 0.717) is 0 Å². The molecule has 0 amide bonds. The minimum Gasteiger partial charge on any atom is -0.365 e. The number of hydrogen-bond donors (Lipinski definition) is 2. The molecule has 1 aromatic heterocycles. The molecule has 6 heteroatoms. The van der Waals surface area contributed by atoms with Crippen LogP contribution in [-0.4, -0.2) is 20.6 Å². The van der Waals surface area contributed by atoms with Crippen molar-refractivity contribution >= 4 is 5.95 Å². The number of nitrogen functional groups attached to an aromatic ring is 1. The maximum absolute atomic E-state index is 4.96. The van der Waals surface area contributed by atoms with Gasteiger partial charge in [0, 0.05) is 0 Å². The molecular formula is CH3KN5+. The summed E-state index contributed by atoms with van der Waals surface area (Å²) in [6.07, 6.45) is 0. The van der Waals surface area contributed by atoms with Crippen molar-refractivity contribution < 1.29 is 51.4 Å². The Morgan fingerprint density at radius 2 is 2.29 bits per heavy atom. The number of aromatic nitrogens is 4. The molecule has 0 saturated heterocycles. The summed E-state index contributed by atoms with van der Waals surface area (Å²) in [6, 6.07) is 0. The van der Waals surface area contributed by atoms with E-state index < -0.39 is 0 Å². The van der Waals surface area contributed by atoms with Gasteiger partial charge in [-0.25, -0.2) is 0 Å². The predicted octanol–water partition coefficient (Wildman–Crippen LogP) is -4.21. The van der Waals surface area contributed by atoms with Crippen LogP contribution in [-0.2, 0) is 0 Å². The number of nitrogens with two attached hydrogens (primary N) is 1. The van der Waals surface area contributed by atoms with Gasteiger partial charge in [0.05, 0.1) is 0 Å². The van der Waals surface area contributed by atoms with Gasteiger partial charge in [-0.2, -0.15) is 5.21 Å². The van der Waals surface area contributed by atoms with Crippen molar-refractivity contribution in [3.8, 4) is 0 Å². The molecule has 1 rings (SSSR count). The minimum absolute atomic E-state index is 0. The monoisotopic (exact) mass is 124 g/mol. The van der Waals surface area contributed by atoms with Crippen molar-refractivity contribution in [3.63, 3.8) is 0 Å². The van der Waals surface area contributed by atoms with Crippen LogP contribution < -0.4 is 57.1 Å². The van der Waals surface area contributed by atoms with Crippen LogP contribution in [0.15, 0.2) is 0 Å². The molecule has 0 spiro atoms. The number of nitrogens with zero attached hydrogens (tertiary/aromatic N) is 3. The van der Waals surface area contributed by atoms with Gasteiger partial charge in [-0.05, 0) is 5.21 Å². The van der Waals surface area contributed by atoms with Crippen molar-refractivity contribution in [2.24, 2.45) is 0 Å². The maximum atomic E-state index is 4.96. The number of nitrogens with one attached hydrogen (secondary N) is 1. The van der Waals surface area contributed by atoms with E-state index >= 15 is 0 Å². The zero-order chi connectivity index (χ0) is 4.41. The molecule has 0 radical (unpaired) electrons. The van der Waals surface area contributed by atoms with Crippen LogP contribution in [0, 0.1) is 0 Å². The maximum Gasteiger partial charge on any atom is 1.00 e. The standard InChI is InChI=1S/CH3N5.K/c2-1-3-5-6-4-1;/h(H3,2,3,4,5,6);/q;+1. The molecule has 0 saturated carbocycles. The number of H-pyrrole nitrogens is 1. The summed E-state index contributed by atoms with van der Waals surface area (Å²) >= 11 is 0. The van der Waals surface area contributed by atoms with E-state index in [1.54, 1.807) is 0 Å². The Bertz CT molecular complexity index is 112. The quantitative estimate of drug-likeness (QED) is 0.343. The zero-order valence-electron chi connectivity index (χ0n) is 3.92. The SMILES string of the molecule is Nc1nn[nH]n1.[K+]. The normalized spacial score (nSPS) is 7.43. The third-order valence-corrected chi connectivity index (χ3v) is 0.362. The van der Waals surface area contributed by atoms with Gasteiger partial charge in [0.2, 0.25) is 0 Å². The molecular weight excluding hydrogens is 121 g/mol. The van der Waals surface area contributed by atoms with Crippen LogP contribution in [0.25, 0.3) is 0 Å². The van der Waals surface area contributed by atoms with Crippen LogP contribution >= 0.6 is 0 Å². The summed E-state index contributed by atoms with van der Waals surface area (Å²) in [5, 5.41) is 12.0. The van der Waals surface area contributed by atoms with E-state index in [1.165, 1.54) is 0 Å². The van der Waals surface area contributed by atoms with Crippen molar-refractivity contribution in [1.29, 1.82) is 0 Å². The second-order valence-corrected chi connectivity index (χ2v) is 0.770. The third-order valence-electron chi connectivity index (χ3n) is 0.362. The number of tetrazole rings is 1. The molecule has 5 nitrogen and oxygen atoms in total. The van der Waals surface area contributed by atoms with Crippen LogP contribution in [0.5, 0.6) is 0 Å². The fourth-order valence-corrected chi connectivity index (χ4v) is 0.170. The van der Waals surface area contributed by atoms with Gasteiger partial charge >= 0.3 is 51.4 Å². The Balaban J connectivity index is 0.000000360. The summed E-state index contributed by atoms with van der Waals surface area (Å²) in [4.78, 5) is 0. The summed E-state index contributed by atoms with van der Waals surface area (Å²) in [6.45, 7) is 0. The molecule has 0 aliphatic carbocycles. The van der Waals surface area contributed by atoms with E-state index in [4.69, 9.17) is 5.73 Å². The summed E-state index contributed by atoms with van der Waals surface area (Å²) < 4.78 is 0. The predicted molar refractivity (Wildman–Crippen MR) is 18.6 cm³/mol. The average Bonchev–Trinajstić information content (AvgIpc) is 1.86. The Morgan fingerprint density at radius 1 is 1.57 bits per heavy atom. The van der Waals surface area contributed by atoms with Gasteiger partial charge in [0.15, 0.2) is 0 Å². The fraction of sp³-hybridized carbons (Fsp3) is 0. The van der Waals surface area contributed by atoms with Crippen LogP contribution in [0.3, 0.4) is 0 Å². The van der Waals surface area contributed by atoms with Crippen molar-refractivity contribution in [2.75, 3.05) is 5.73 Å². The van der Waals surface area contributed by atoms with Crippen LogP contribution in [0.1, 0.15) is 0 Å².